The molecule has 1 aromatic heterocycles. The van der Waals surface area contributed by atoms with Crippen molar-refractivity contribution in [3.05, 3.63) is 35.3 Å². The van der Waals surface area contributed by atoms with Gasteiger partial charge in [0.15, 0.2) is 0 Å². The fourth-order valence-corrected chi connectivity index (χ4v) is 3.66. The molecule has 2 heterocycles. The van der Waals surface area contributed by atoms with Gasteiger partial charge in [-0.2, -0.15) is 0 Å². The molecule has 2 amide bonds. The zero-order chi connectivity index (χ0) is 15.6. The molecule has 0 radical (unpaired) electrons. The maximum Gasteiger partial charge on any atom is 0.323 e. The van der Waals surface area contributed by atoms with E-state index in [0.29, 0.717) is 11.0 Å². The van der Waals surface area contributed by atoms with Crippen LogP contribution >= 0.6 is 11.3 Å². The smallest absolute Gasteiger partial charge is 0.323 e. The van der Waals surface area contributed by atoms with Crippen molar-refractivity contribution in [1.82, 2.24) is 15.1 Å². The fraction of sp³-hybridized carbons (Fsp3) is 0.438. The molecule has 1 saturated carbocycles. The number of para-hydroxylation sites is 1. The molecule has 2 fully saturated rings. The number of rotatable bonds is 3. The summed E-state index contributed by atoms with van der Waals surface area (Å²) in [5, 5.41) is 12.8. The summed E-state index contributed by atoms with van der Waals surface area (Å²) in [6, 6.07) is 10.2. The van der Waals surface area contributed by atoms with Crippen molar-refractivity contribution >= 4 is 28.2 Å². The van der Waals surface area contributed by atoms with Crippen LogP contribution in [0.2, 0.25) is 0 Å². The van der Waals surface area contributed by atoms with E-state index >= 15 is 0 Å². The van der Waals surface area contributed by atoms with Gasteiger partial charge in [0.25, 0.3) is 0 Å². The van der Waals surface area contributed by atoms with Crippen LogP contribution in [0.1, 0.15) is 23.8 Å². The molecule has 23 heavy (non-hydrogen) atoms. The predicted molar refractivity (Wildman–Crippen MR) is 91.1 cm³/mol. The number of nitrogens with zero attached hydrogens (tertiary/aromatic N) is 4. The van der Waals surface area contributed by atoms with Gasteiger partial charge < -0.3 is 9.80 Å². The van der Waals surface area contributed by atoms with Gasteiger partial charge in [0.05, 0.1) is 0 Å². The molecule has 6 nitrogen and oxygen atoms in total. The molecule has 120 valence electrons. The molecule has 2 aliphatic rings. The van der Waals surface area contributed by atoms with E-state index in [2.05, 4.69) is 32.5 Å². The monoisotopic (exact) mass is 329 g/mol. The third-order valence-corrected chi connectivity index (χ3v) is 5.27. The van der Waals surface area contributed by atoms with Gasteiger partial charge in [-0.05, 0) is 25.0 Å². The summed E-state index contributed by atoms with van der Waals surface area (Å²) < 4.78 is 0. The minimum absolute atomic E-state index is 0.0730. The van der Waals surface area contributed by atoms with E-state index in [1.54, 1.807) is 0 Å². The normalized spacial score (nSPS) is 18.1. The van der Waals surface area contributed by atoms with Gasteiger partial charge in [0, 0.05) is 37.8 Å². The first-order valence-corrected chi connectivity index (χ1v) is 8.80. The van der Waals surface area contributed by atoms with E-state index in [1.807, 2.05) is 23.1 Å². The first-order chi connectivity index (χ1) is 11.3. The number of carbonyl (C=O) groups excluding carboxylic acids is 1. The highest BCUT2D eigenvalue weighted by molar-refractivity contribution is 7.15. The van der Waals surface area contributed by atoms with E-state index in [-0.39, 0.29) is 6.03 Å². The summed E-state index contributed by atoms with van der Waals surface area (Å²) in [7, 11) is 0. The number of carbonyl (C=O) groups is 1. The predicted octanol–water partition coefficient (Wildman–Crippen LogP) is 2.77. The van der Waals surface area contributed by atoms with E-state index < -0.39 is 0 Å². The second-order valence-corrected chi connectivity index (χ2v) is 6.97. The Morgan fingerprint density at radius 2 is 1.83 bits per heavy atom. The molecule has 4 rings (SSSR count). The lowest BCUT2D eigenvalue weighted by molar-refractivity contribution is 0.208. The molecular formula is C16H19N5OS. The van der Waals surface area contributed by atoms with Crippen molar-refractivity contribution in [2.24, 2.45) is 0 Å². The summed E-state index contributed by atoms with van der Waals surface area (Å²) in [5.41, 5.74) is 1.21. The SMILES string of the molecule is O=C(Nc1nnc(C2CC2)s1)N1CCN(c2ccccc2)CC1. The molecule has 1 aliphatic heterocycles. The van der Waals surface area contributed by atoms with Crippen molar-refractivity contribution < 1.29 is 4.79 Å². The number of hydrogen-bond acceptors (Lipinski definition) is 5. The van der Waals surface area contributed by atoms with Crippen LogP contribution in [0.15, 0.2) is 30.3 Å². The van der Waals surface area contributed by atoms with Gasteiger partial charge in [-0.1, -0.05) is 29.5 Å². The summed E-state index contributed by atoms with van der Waals surface area (Å²) in [5.74, 6) is 0.576. The van der Waals surface area contributed by atoms with E-state index in [1.165, 1.54) is 29.9 Å². The number of benzene rings is 1. The lowest BCUT2D eigenvalue weighted by atomic mass is 10.2. The first kappa shape index (κ1) is 14.4. The van der Waals surface area contributed by atoms with E-state index in [0.717, 1.165) is 31.2 Å². The zero-order valence-electron chi connectivity index (χ0n) is 12.8. The number of piperazine rings is 1. The Morgan fingerprint density at radius 1 is 1.09 bits per heavy atom. The summed E-state index contributed by atoms with van der Waals surface area (Å²) in [6.07, 6.45) is 2.40. The third kappa shape index (κ3) is 3.29. The molecule has 0 unspecified atom stereocenters. The molecule has 0 spiro atoms. The van der Waals surface area contributed by atoms with Crippen molar-refractivity contribution in [3.63, 3.8) is 0 Å². The Hall–Kier alpha value is -2.15. The number of nitrogens with one attached hydrogen (secondary N) is 1. The molecule has 7 heteroatoms. The molecule has 1 saturated heterocycles. The lowest BCUT2D eigenvalue weighted by Crippen LogP contribution is -2.50. The van der Waals surface area contributed by atoms with Gasteiger partial charge in [-0.25, -0.2) is 4.79 Å². The molecule has 1 aliphatic carbocycles. The van der Waals surface area contributed by atoms with Gasteiger partial charge in [-0.15, -0.1) is 10.2 Å². The fourth-order valence-electron chi connectivity index (χ4n) is 2.76. The van der Waals surface area contributed by atoms with Crippen LogP contribution in [-0.2, 0) is 0 Å². The highest BCUT2D eigenvalue weighted by Gasteiger charge is 2.28. The van der Waals surface area contributed by atoms with Gasteiger partial charge in [-0.3, -0.25) is 5.32 Å². The average molecular weight is 329 g/mol. The molecule has 1 N–H and O–H groups in total. The van der Waals surface area contributed by atoms with Gasteiger partial charge >= 0.3 is 6.03 Å². The van der Waals surface area contributed by atoms with Gasteiger partial charge in [0.1, 0.15) is 5.01 Å². The standard InChI is InChI=1S/C16H19N5OS/c22-16(17-15-19-18-14(23-15)12-6-7-12)21-10-8-20(9-11-21)13-4-2-1-3-5-13/h1-5,12H,6-11H2,(H,17,19,22). The largest absolute Gasteiger partial charge is 0.368 e. The highest BCUT2D eigenvalue weighted by atomic mass is 32.1. The Balaban J connectivity index is 1.31. The maximum absolute atomic E-state index is 12.3. The quantitative estimate of drug-likeness (QED) is 0.940. The first-order valence-electron chi connectivity index (χ1n) is 7.99. The molecule has 2 aromatic rings. The number of anilines is 2. The summed E-state index contributed by atoms with van der Waals surface area (Å²) in [4.78, 5) is 16.5. The summed E-state index contributed by atoms with van der Waals surface area (Å²) in [6.45, 7) is 3.13. The van der Waals surface area contributed by atoms with Crippen LogP contribution in [0.25, 0.3) is 0 Å². The van der Waals surface area contributed by atoms with Crippen molar-refractivity contribution in [1.29, 1.82) is 0 Å². The second kappa shape index (κ2) is 6.16. The zero-order valence-corrected chi connectivity index (χ0v) is 13.6. The Kier molecular flexibility index (Phi) is 3.87. The minimum atomic E-state index is -0.0730. The number of urea groups is 1. The van der Waals surface area contributed by atoms with Crippen molar-refractivity contribution in [2.45, 2.75) is 18.8 Å². The minimum Gasteiger partial charge on any atom is -0.368 e. The van der Waals surface area contributed by atoms with Crippen molar-refractivity contribution in [2.75, 3.05) is 36.4 Å². The molecule has 0 bridgehead atoms. The number of hydrogen-bond donors (Lipinski definition) is 1. The molecule has 1 aromatic carbocycles. The Morgan fingerprint density at radius 3 is 2.52 bits per heavy atom. The summed E-state index contributed by atoms with van der Waals surface area (Å²) >= 11 is 1.50. The van der Waals surface area contributed by atoms with Crippen LogP contribution in [0.3, 0.4) is 0 Å². The second-order valence-electron chi connectivity index (χ2n) is 5.96. The lowest BCUT2D eigenvalue weighted by Gasteiger charge is -2.35. The number of amides is 2. The third-order valence-electron chi connectivity index (χ3n) is 4.27. The molecule has 0 atom stereocenters. The number of aromatic nitrogens is 2. The highest BCUT2D eigenvalue weighted by Crippen LogP contribution is 2.42. The Labute approximate surface area is 139 Å². The topological polar surface area (TPSA) is 61.4 Å². The Bertz CT molecular complexity index is 677. The van der Waals surface area contributed by atoms with Crippen LogP contribution in [-0.4, -0.2) is 47.3 Å². The van der Waals surface area contributed by atoms with Crippen LogP contribution in [0.5, 0.6) is 0 Å². The van der Waals surface area contributed by atoms with Crippen LogP contribution < -0.4 is 10.2 Å². The van der Waals surface area contributed by atoms with E-state index in [4.69, 9.17) is 0 Å². The van der Waals surface area contributed by atoms with E-state index in [9.17, 15) is 4.79 Å². The maximum atomic E-state index is 12.3. The van der Waals surface area contributed by atoms with Crippen molar-refractivity contribution in [3.8, 4) is 0 Å². The molecular weight excluding hydrogens is 310 g/mol. The van der Waals surface area contributed by atoms with Crippen LogP contribution in [0.4, 0.5) is 15.6 Å². The van der Waals surface area contributed by atoms with Crippen LogP contribution in [0, 0.1) is 0 Å². The van der Waals surface area contributed by atoms with Gasteiger partial charge in [0.2, 0.25) is 5.13 Å². The average Bonchev–Trinajstić information content (AvgIpc) is 3.36.